The number of ketones is 1. The number of anilines is 1. The van der Waals surface area contributed by atoms with Gasteiger partial charge in [-0.05, 0) is 55.3 Å². The van der Waals surface area contributed by atoms with Gasteiger partial charge in [-0.3, -0.25) is 4.79 Å². The average Bonchev–Trinajstić information content (AvgIpc) is 3.21. The second kappa shape index (κ2) is 7.69. The van der Waals surface area contributed by atoms with E-state index in [1.807, 2.05) is 25.3 Å². The minimum Gasteiger partial charge on any atom is -0.507 e. The highest BCUT2D eigenvalue weighted by molar-refractivity contribution is 6.13. The Morgan fingerprint density at radius 3 is 2.70 bits per heavy atom. The Hall–Kier alpha value is -3.74. The van der Waals surface area contributed by atoms with Crippen LogP contribution in [0.15, 0.2) is 65.9 Å². The van der Waals surface area contributed by atoms with Crippen LogP contribution in [0.3, 0.4) is 0 Å². The van der Waals surface area contributed by atoms with E-state index >= 15 is 0 Å². The molecule has 0 aromatic heterocycles. The smallest absolute Gasteiger partial charge is 0.336 e. The SMILES string of the molecule is COC(=O)C1=CC(C(=O)c2ccccc2O)=CN2CCC3c4cc(OC)ccc4NC3C12C. The number of hydrogen-bond donors (Lipinski definition) is 2. The summed E-state index contributed by atoms with van der Waals surface area (Å²) < 4.78 is 10.6. The van der Waals surface area contributed by atoms with E-state index in [-0.39, 0.29) is 29.1 Å². The number of nitrogens with zero attached hydrogens (tertiary/aromatic N) is 1. The molecule has 0 bridgehead atoms. The molecule has 2 N–H and O–H groups in total. The standard InChI is InChI=1S/C26H26N2O5/c1-26-20(25(31)33-3)12-15(23(30)18-6-4-5-7-22(18)29)14-28(26)11-10-17-19-13-16(32-2)8-9-21(19)27-24(17)26/h4-9,12-14,17,24,27,29H,10-11H2,1-3H3. The van der Waals surface area contributed by atoms with Crippen LogP contribution in [0.4, 0.5) is 5.69 Å². The molecule has 170 valence electrons. The van der Waals surface area contributed by atoms with Crippen LogP contribution in [0.1, 0.15) is 35.2 Å². The van der Waals surface area contributed by atoms with Gasteiger partial charge in [0.1, 0.15) is 11.5 Å². The lowest BCUT2D eigenvalue weighted by Gasteiger charge is -2.53. The summed E-state index contributed by atoms with van der Waals surface area (Å²) in [5, 5.41) is 13.8. The van der Waals surface area contributed by atoms with Gasteiger partial charge < -0.3 is 24.8 Å². The monoisotopic (exact) mass is 446 g/mol. The molecule has 2 aromatic rings. The van der Waals surface area contributed by atoms with Crippen molar-refractivity contribution in [3.05, 3.63) is 77.0 Å². The molecule has 3 atom stereocenters. The van der Waals surface area contributed by atoms with Gasteiger partial charge in [0.05, 0.1) is 36.9 Å². The number of fused-ring (bicyclic) bond motifs is 5. The Morgan fingerprint density at radius 1 is 1.18 bits per heavy atom. The number of phenolic OH excluding ortho intramolecular Hbond substituents is 1. The second-order valence-corrected chi connectivity index (χ2v) is 8.79. The molecular formula is C26H26N2O5. The zero-order valence-electron chi connectivity index (χ0n) is 18.8. The van der Waals surface area contributed by atoms with Gasteiger partial charge in [0.2, 0.25) is 0 Å². The third kappa shape index (κ3) is 3.10. The number of aromatic hydroxyl groups is 1. The molecular weight excluding hydrogens is 420 g/mol. The van der Waals surface area contributed by atoms with Gasteiger partial charge >= 0.3 is 5.97 Å². The highest BCUT2D eigenvalue weighted by Crippen LogP contribution is 2.51. The van der Waals surface area contributed by atoms with Crippen LogP contribution >= 0.6 is 0 Å². The van der Waals surface area contributed by atoms with E-state index in [1.54, 1.807) is 31.4 Å². The van der Waals surface area contributed by atoms with E-state index in [2.05, 4.69) is 16.3 Å². The van der Waals surface area contributed by atoms with Gasteiger partial charge in [0.15, 0.2) is 5.78 Å². The Balaban J connectivity index is 1.58. The fourth-order valence-corrected chi connectivity index (χ4v) is 5.45. The number of hydrogen-bond acceptors (Lipinski definition) is 7. The first kappa shape index (κ1) is 21.1. The molecule has 7 nitrogen and oxygen atoms in total. The zero-order valence-corrected chi connectivity index (χ0v) is 18.8. The van der Waals surface area contributed by atoms with Crippen molar-refractivity contribution in [1.29, 1.82) is 0 Å². The number of allylic oxidation sites excluding steroid dienone is 2. The van der Waals surface area contributed by atoms with Gasteiger partial charge in [0, 0.05) is 29.9 Å². The Kier molecular flexibility index (Phi) is 4.92. The predicted octanol–water partition coefficient (Wildman–Crippen LogP) is 3.62. The fraction of sp³-hybridized carbons (Fsp3) is 0.308. The van der Waals surface area contributed by atoms with E-state index < -0.39 is 11.5 Å². The quantitative estimate of drug-likeness (QED) is 0.548. The van der Waals surface area contributed by atoms with Crippen LogP contribution < -0.4 is 10.1 Å². The lowest BCUT2D eigenvalue weighted by molar-refractivity contribution is -0.138. The maximum Gasteiger partial charge on any atom is 0.336 e. The molecule has 0 amide bonds. The summed E-state index contributed by atoms with van der Waals surface area (Å²) in [6.45, 7) is 2.67. The van der Waals surface area contributed by atoms with Gasteiger partial charge in [0.25, 0.3) is 0 Å². The average molecular weight is 447 g/mol. The van der Waals surface area contributed by atoms with Gasteiger partial charge in [-0.15, -0.1) is 0 Å². The third-order valence-electron chi connectivity index (χ3n) is 7.21. The van der Waals surface area contributed by atoms with Crippen LogP contribution in [-0.4, -0.2) is 54.1 Å². The van der Waals surface area contributed by atoms with Crippen molar-refractivity contribution in [2.75, 3.05) is 26.1 Å². The maximum atomic E-state index is 13.3. The zero-order chi connectivity index (χ0) is 23.3. The predicted molar refractivity (Wildman–Crippen MR) is 123 cm³/mol. The molecule has 3 aliphatic heterocycles. The van der Waals surface area contributed by atoms with Crippen LogP contribution in [0.5, 0.6) is 11.5 Å². The second-order valence-electron chi connectivity index (χ2n) is 8.79. The molecule has 3 unspecified atom stereocenters. The number of ether oxygens (including phenoxy) is 2. The summed E-state index contributed by atoms with van der Waals surface area (Å²) in [6.07, 6.45) is 4.27. The molecule has 3 aliphatic rings. The first-order chi connectivity index (χ1) is 15.9. The third-order valence-corrected chi connectivity index (χ3v) is 7.21. The van der Waals surface area contributed by atoms with E-state index in [0.717, 1.165) is 17.9 Å². The molecule has 2 aromatic carbocycles. The largest absolute Gasteiger partial charge is 0.507 e. The van der Waals surface area contributed by atoms with Crippen molar-refractivity contribution in [2.24, 2.45) is 0 Å². The van der Waals surface area contributed by atoms with E-state index in [9.17, 15) is 14.7 Å². The topological polar surface area (TPSA) is 88.1 Å². The fourth-order valence-electron chi connectivity index (χ4n) is 5.45. The Labute approximate surface area is 192 Å². The maximum absolute atomic E-state index is 13.3. The number of benzene rings is 2. The van der Waals surface area contributed by atoms with Gasteiger partial charge in [-0.25, -0.2) is 4.79 Å². The number of rotatable bonds is 4. The summed E-state index contributed by atoms with van der Waals surface area (Å²) in [5.41, 5.74) is 2.41. The number of para-hydroxylation sites is 1. The highest BCUT2D eigenvalue weighted by atomic mass is 16.5. The summed E-state index contributed by atoms with van der Waals surface area (Å²) in [7, 11) is 3.00. The molecule has 33 heavy (non-hydrogen) atoms. The number of carbonyl (C=O) groups excluding carboxylic acids is 2. The minimum atomic E-state index is -0.731. The molecule has 7 heteroatoms. The van der Waals surface area contributed by atoms with Crippen LogP contribution in [-0.2, 0) is 9.53 Å². The number of piperidine rings is 1. The first-order valence-electron chi connectivity index (χ1n) is 10.9. The van der Waals surface area contributed by atoms with E-state index in [4.69, 9.17) is 9.47 Å². The molecule has 0 saturated carbocycles. The molecule has 0 radical (unpaired) electrons. The first-order valence-corrected chi connectivity index (χ1v) is 10.9. The van der Waals surface area contributed by atoms with Crippen molar-refractivity contribution in [1.82, 2.24) is 4.90 Å². The molecule has 0 spiro atoms. The molecule has 0 aliphatic carbocycles. The van der Waals surface area contributed by atoms with Gasteiger partial charge in [-0.2, -0.15) is 0 Å². The summed E-state index contributed by atoms with van der Waals surface area (Å²) in [5.74, 6) is 0.0606. The van der Waals surface area contributed by atoms with Gasteiger partial charge in [-0.1, -0.05) is 12.1 Å². The number of phenols is 1. The number of Topliss-reactive ketones (excluding diaryl/α,β-unsaturated/α-hetero) is 1. The molecule has 3 heterocycles. The molecule has 1 fully saturated rings. The molecule has 1 saturated heterocycles. The summed E-state index contributed by atoms with van der Waals surface area (Å²) in [6, 6.07) is 12.3. The molecule has 5 rings (SSSR count). The number of nitrogens with one attached hydrogen (secondary N) is 1. The highest BCUT2D eigenvalue weighted by Gasteiger charge is 2.55. The minimum absolute atomic E-state index is 0.0923. The Morgan fingerprint density at radius 2 is 1.97 bits per heavy atom. The van der Waals surface area contributed by atoms with Crippen molar-refractivity contribution < 1.29 is 24.2 Å². The lowest BCUT2D eigenvalue weighted by atomic mass is 9.70. The van der Waals surface area contributed by atoms with Crippen LogP contribution in [0, 0.1) is 0 Å². The van der Waals surface area contributed by atoms with E-state index in [0.29, 0.717) is 17.7 Å². The number of methoxy groups -OCH3 is 2. The van der Waals surface area contributed by atoms with Crippen LogP contribution in [0.25, 0.3) is 0 Å². The Bertz CT molecular complexity index is 1220. The van der Waals surface area contributed by atoms with Crippen molar-refractivity contribution in [3.63, 3.8) is 0 Å². The van der Waals surface area contributed by atoms with Crippen molar-refractivity contribution >= 4 is 17.4 Å². The summed E-state index contributed by atoms with van der Waals surface area (Å²) >= 11 is 0. The van der Waals surface area contributed by atoms with Crippen molar-refractivity contribution in [3.8, 4) is 11.5 Å². The van der Waals surface area contributed by atoms with E-state index in [1.165, 1.54) is 18.7 Å². The number of carbonyl (C=O) groups is 2. The normalized spacial score (nSPS) is 25.0. The van der Waals surface area contributed by atoms with Crippen LogP contribution in [0.2, 0.25) is 0 Å². The summed E-state index contributed by atoms with van der Waals surface area (Å²) in [4.78, 5) is 28.3. The number of esters is 1. The van der Waals surface area contributed by atoms with Crippen molar-refractivity contribution in [2.45, 2.75) is 30.8 Å². The lowest BCUT2D eigenvalue weighted by Crippen LogP contribution is -2.63.